The zero-order valence-electron chi connectivity index (χ0n) is 22.5. The van der Waals surface area contributed by atoms with E-state index in [1.807, 2.05) is 44.2 Å². The summed E-state index contributed by atoms with van der Waals surface area (Å²) in [6.07, 6.45) is 1.53. The van der Waals surface area contributed by atoms with Crippen LogP contribution in [0, 0.1) is 19.8 Å². The van der Waals surface area contributed by atoms with Crippen molar-refractivity contribution < 1.29 is 24.6 Å². The number of aryl methyl sites for hydroxylation is 3. The molecule has 39 heavy (non-hydrogen) atoms. The number of aliphatic carboxylic acids is 1. The van der Waals surface area contributed by atoms with Crippen molar-refractivity contribution in [2.45, 2.75) is 58.0 Å². The van der Waals surface area contributed by atoms with Crippen LogP contribution in [0.1, 0.15) is 41.5 Å². The molecular weight excluding hydrogens is 500 g/mol. The first-order valence-electron chi connectivity index (χ1n) is 12.9. The Labute approximate surface area is 228 Å². The van der Waals surface area contributed by atoms with Crippen molar-refractivity contribution in [3.05, 3.63) is 64.7 Å². The van der Waals surface area contributed by atoms with Crippen molar-refractivity contribution in [1.29, 1.82) is 0 Å². The fourth-order valence-corrected chi connectivity index (χ4v) is 4.37. The monoisotopic (exact) mass is 540 g/mol. The third kappa shape index (κ3) is 10.3. The van der Waals surface area contributed by atoms with Crippen molar-refractivity contribution in [2.75, 3.05) is 13.1 Å². The van der Waals surface area contributed by atoms with E-state index in [1.54, 1.807) is 12.1 Å². The van der Waals surface area contributed by atoms with Gasteiger partial charge in [0.25, 0.3) is 0 Å². The molecule has 0 aliphatic carbocycles. The van der Waals surface area contributed by atoms with Crippen molar-refractivity contribution in [1.82, 2.24) is 10.6 Å². The molecule has 212 valence electrons. The van der Waals surface area contributed by atoms with Gasteiger partial charge in [0.2, 0.25) is 11.8 Å². The number of carboxylic acid groups (broad SMARTS) is 1. The van der Waals surface area contributed by atoms with E-state index >= 15 is 0 Å². The number of nitrogens with two attached hydrogens (primary N) is 3. The Balaban J connectivity index is 2.15. The Bertz CT molecular complexity index is 1130. The van der Waals surface area contributed by atoms with Crippen LogP contribution >= 0.6 is 0 Å². The van der Waals surface area contributed by atoms with Gasteiger partial charge in [-0.3, -0.25) is 14.6 Å². The highest BCUT2D eigenvalue weighted by Crippen LogP contribution is 2.23. The average Bonchev–Trinajstić information content (AvgIpc) is 2.87. The Hall–Kier alpha value is -4.12. The van der Waals surface area contributed by atoms with Gasteiger partial charge in [0.05, 0.1) is 5.92 Å². The number of rotatable bonds is 15. The van der Waals surface area contributed by atoms with Crippen molar-refractivity contribution in [2.24, 2.45) is 28.1 Å². The van der Waals surface area contributed by atoms with Gasteiger partial charge < -0.3 is 38.0 Å². The zero-order chi connectivity index (χ0) is 28.9. The normalized spacial score (nSPS) is 13.1. The number of phenolic OH excluding ortho intramolecular Hbond substituents is 1. The molecule has 0 aliphatic heterocycles. The number of carboxylic acids is 1. The van der Waals surface area contributed by atoms with Crippen LogP contribution in [0.15, 0.2) is 47.5 Å². The predicted octanol–water partition coefficient (Wildman–Crippen LogP) is 0.867. The number of phenols is 1. The maximum atomic E-state index is 13.2. The van der Waals surface area contributed by atoms with Crippen LogP contribution in [0.3, 0.4) is 0 Å². The van der Waals surface area contributed by atoms with E-state index in [2.05, 4.69) is 15.6 Å². The highest BCUT2D eigenvalue weighted by atomic mass is 16.4. The lowest BCUT2D eigenvalue weighted by molar-refractivity contribution is -0.142. The van der Waals surface area contributed by atoms with Gasteiger partial charge in [0.1, 0.15) is 17.8 Å². The van der Waals surface area contributed by atoms with Crippen molar-refractivity contribution >= 4 is 23.7 Å². The minimum Gasteiger partial charge on any atom is -0.508 e. The summed E-state index contributed by atoms with van der Waals surface area (Å²) in [5.41, 5.74) is 20.2. The summed E-state index contributed by atoms with van der Waals surface area (Å²) in [5, 5.41) is 24.9. The number of aromatic hydroxyl groups is 1. The maximum absolute atomic E-state index is 13.2. The predicted molar refractivity (Wildman–Crippen MR) is 150 cm³/mol. The second-order valence-corrected chi connectivity index (χ2v) is 9.63. The van der Waals surface area contributed by atoms with E-state index in [4.69, 9.17) is 17.2 Å². The molecule has 2 aromatic rings. The third-order valence-corrected chi connectivity index (χ3v) is 6.54. The first-order chi connectivity index (χ1) is 18.5. The van der Waals surface area contributed by atoms with Gasteiger partial charge in [0, 0.05) is 13.1 Å². The first-order valence-corrected chi connectivity index (χ1v) is 12.9. The number of hydrogen-bond donors (Lipinski definition) is 7. The molecule has 0 radical (unpaired) electrons. The van der Waals surface area contributed by atoms with Crippen LogP contribution in [-0.4, -0.2) is 59.1 Å². The van der Waals surface area contributed by atoms with Crippen LogP contribution in [0.4, 0.5) is 0 Å². The SMILES string of the molecule is Cc1cc(O)cc(C)c1CC(CN)C(=O)NC(CCCN=C(N)N)C(=O)NC(CCc1ccccc1)C(=O)O. The molecule has 3 unspecified atom stereocenters. The number of carbonyl (C=O) groups excluding carboxylic acids is 2. The molecule has 0 heterocycles. The van der Waals surface area contributed by atoms with Gasteiger partial charge in [-0.2, -0.15) is 0 Å². The van der Waals surface area contributed by atoms with E-state index in [9.17, 15) is 24.6 Å². The average molecular weight is 541 g/mol. The molecule has 2 amide bonds. The van der Waals surface area contributed by atoms with Crippen molar-refractivity contribution in [3.63, 3.8) is 0 Å². The Morgan fingerprint density at radius 2 is 1.56 bits per heavy atom. The Kier molecular flexibility index (Phi) is 12.2. The van der Waals surface area contributed by atoms with Crippen LogP contribution in [0.2, 0.25) is 0 Å². The molecule has 2 aromatic carbocycles. The van der Waals surface area contributed by atoms with Crippen LogP contribution in [0.25, 0.3) is 0 Å². The summed E-state index contributed by atoms with van der Waals surface area (Å²) in [5.74, 6) is -2.80. The maximum Gasteiger partial charge on any atom is 0.326 e. The lowest BCUT2D eigenvalue weighted by Gasteiger charge is -2.24. The second-order valence-electron chi connectivity index (χ2n) is 9.63. The fraction of sp³-hybridized carbons (Fsp3) is 0.429. The van der Waals surface area contributed by atoms with Gasteiger partial charge in [-0.1, -0.05) is 30.3 Å². The Morgan fingerprint density at radius 1 is 0.949 bits per heavy atom. The minimum atomic E-state index is -1.16. The number of aliphatic imine (C=N–C) groups is 1. The summed E-state index contributed by atoms with van der Waals surface area (Å²) >= 11 is 0. The quantitative estimate of drug-likeness (QED) is 0.0977. The molecule has 0 saturated heterocycles. The lowest BCUT2D eigenvalue weighted by atomic mass is 9.91. The molecule has 0 aliphatic rings. The first kappa shape index (κ1) is 31.1. The zero-order valence-corrected chi connectivity index (χ0v) is 22.5. The molecule has 10 N–H and O–H groups in total. The number of guanidine groups is 1. The van der Waals surface area contributed by atoms with Gasteiger partial charge in [-0.25, -0.2) is 4.79 Å². The summed E-state index contributed by atoms with van der Waals surface area (Å²) in [6.45, 7) is 3.96. The number of amides is 2. The van der Waals surface area contributed by atoms with Crippen LogP contribution < -0.4 is 27.8 Å². The summed E-state index contributed by atoms with van der Waals surface area (Å²) in [4.78, 5) is 42.3. The van der Waals surface area contributed by atoms with Crippen LogP contribution in [0.5, 0.6) is 5.75 Å². The Morgan fingerprint density at radius 3 is 2.13 bits per heavy atom. The molecule has 11 nitrogen and oxygen atoms in total. The highest BCUT2D eigenvalue weighted by Gasteiger charge is 2.29. The summed E-state index contributed by atoms with van der Waals surface area (Å²) in [7, 11) is 0. The summed E-state index contributed by atoms with van der Waals surface area (Å²) < 4.78 is 0. The molecule has 0 aromatic heterocycles. The van der Waals surface area contributed by atoms with E-state index in [0.717, 1.165) is 22.3 Å². The standard InChI is InChI=1S/C28H40N6O5/c1-17-13-21(35)14-18(2)22(17)15-20(16-29)25(36)33-23(9-6-12-32-28(30)31)26(37)34-24(27(38)39)11-10-19-7-4-3-5-8-19/h3-5,7-8,13-14,20,23-24,35H,6,9-12,15-16,29H2,1-2H3,(H,33,36)(H,34,37)(H,38,39)(H4,30,31,32). The largest absolute Gasteiger partial charge is 0.508 e. The van der Waals surface area contributed by atoms with Gasteiger partial charge >= 0.3 is 5.97 Å². The molecule has 0 bridgehead atoms. The molecule has 0 spiro atoms. The summed E-state index contributed by atoms with van der Waals surface area (Å²) in [6, 6.07) is 10.5. The number of nitrogens with one attached hydrogen (secondary N) is 2. The highest BCUT2D eigenvalue weighted by molar-refractivity contribution is 5.91. The molecular formula is C28H40N6O5. The van der Waals surface area contributed by atoms with E-state index in [1.165, 1.54) is 0 Å². The van der Waals surface area contributed by atoms with E-state index in [0.29, 0.717) is 19.3 Å². The second kappa shape index (κ2) is 15.3. The molecule has 0 saturated carbocycles. The number of nitrogens with zero attached hydrogens (tertiary/aromatic N) is 1. The lowest BCUT2D eigenvalue weighted by Crippen LogP contribution is -2.53. The van der Waals surface area contributed by atoms with Crippen LogP contribution in [-0.2, 0) is 27.2 Å². The smallest absolute Gasteiger partial charge is 0.326 e. The topological polar surface area (TPSA) is 206 Å². The third-order valence-electron chi connectivity index (χ3n) is 6.54. The van der Waals surface area contributed by atoms with E-state index < -0.39 is 35.8 Å². The van der Waals surface area contributed by atoms with Gasteiger partial charge in [0.15, 0.2) is 5.96 Å². The molecule has 2 rings (SSSR count). The number of carbonyl (C=O) groups is 3. The van der Waals surface area contributed by atoms with Gasteiger partial charge in [-0.15, -0.1) is 0 Å². The van der Waals surface area contributed by atoms with Crippen molar-refractivity contribution in [3.8, 4) is 5.75 Å². The minimum absolute atomic E-state index is 0.0305. The van der Waals surface area contributed by atoms with E-state index in [-0.39, 0.29) is 37.6 Å². The fourth-order valence-electron chi connectivity index (χ4n) is 4.37. The molecule has 11 heteroatoms. The number of hydrogen-bond acceptors (Lipinski definition) is 6. The molecule has 0 fully saturated rings. The van der Waals surface area contributed by atoms with Gasteiger partial charge in [-0.05, 0) is 80.3 Å². The number of benzene rings is 2. The molecule has 3 atom stereocenters.